The Hall–Kier alpha value is -1.59. The zero-order valence-electron chi connectivity index (χ0n) is 10.4. The number of nitrogens with one attached hydrogen (secondary N) is 1. The molecule has 1 aromatic rings. The molecule has 0 aliphatic carbocycles. The molecule has 1 unspecified atom stereocenters. The van der Waals surface area contributed by atoms with Gasteiger partial charge in [-0.3, -0.25) is 4.79 Å². The van der Waals surface area contributed by atoms with E-state index < -0.39 is 6.10 Å². The number of amides is 1. The highest BCUT2D eigenvalue weighted by atomic mass is 16.3. The molecule has 18 heavy (non-hydrogen) atoms. The molecule has 1 amide bonds. The fourth-order valence-corrected chi connectivity index (χ4v) is 2.18. The lowest BCUT2D eigenvalue weighted by atomic mass is 10.00. The van der Waals surface area contributed by atoms with Crippen molar-refractivity contribution in [1.82, 2.24) is 0 Å². The molecule has 1 aromatic carbocycles. The van der Waals surface area contributed by atoms with E-state index >= 15 is 0 Å². The number of hydrogen-bond acceptors (Lipinski definition) is 4. The molecule has 2 rings (SSSR count). The van der Waals surface area contributed by atoms with Gasteiger partial charge in [0.05, 0.1) is 19.3 Å². The van der Waals surface area contributed by atoms with Crippen molar-refractivity contribution in [1.29, 1.82) is 0 Å². The van der Waals surface area contributed by atoms with Gasteiger partial charge >= 0.3 is 0 Å². The van der Waals surface area contributed by atoms with Gasteiger partial charge in [-0.1, -0.05) is 0 Å². The third kappa shape index (κ3) is 2.47. The van der Waals surface area contributed by atoms with Gasteiger partial charge < -0.3 is 20.4 Å². The summed E-state index contributed by atoms with van der Waals surface area (Å²) in [6.45, 7) is -0.199. The number of benzene rings is 1. The van der Waals surface area contributed by atoms with Gasteiger partial charge in [-0.15, -0.1) is 0 Å². The highest BCUT2D eigenvalue weighted by Gasteiger charge is 2.25. The summed E-state index contributed by atoms with van der Waals surface area (Å²) in [6.07, 6.45) is 0.261. The van der Waals surface area contributed by atoms with Crippen LogP contribution in [0.2, 0.25) is 0 Å². The Balaban J connectivity index is 2.29. The average molecular weight is 250 g/mol. The molecule has 98 valence electrons. The molecule has 0 spiro atoms. The molecule has 0 bridgehead atoms. The van der Waals surface area contributed by atoms with Crippen LogP contribution in [0.5, 0.6) is 0 Å². The first-order valence-corrected chi connectivity index (χ1v) is 6.05. The summed E-state index contributed by atoms with van der Waals surface area (Å²) in [6, 6.07) is 5.79. The Morgan fingerprint density at radius 2 is 2.22 bits per heavy atom. The van der Waals surface area contributed by atoms with Gasteiger partial charge in [0.2, 0.25) is 5.91 Å². The third-order valence-electron chi connectivity index (χ3n) is 3.17. The molecule has 1 heterocycles. The van der Waals surface area contributed by atoms with Crippen LogP contribution in [0, 0.1) is 0 Å². The highest BCUT2D eigenvalue weighted by molar-refractivity contribution is 5.96. The zero-order valence-corrected chi connectivity index (χ0v) is 10.4. The molecule has 0 saturated carbocycles. The van der Waals surface area contributed by atoms with E-state index in [9.17, 15) is 9.90 Å². The van der Waals surface area contributed by atoms with E-state index in [0.29, 0.717) is 6.42 Å². The van der Waals surface area contributed by atoms with Crippen LogP contribution in [0.1, 0.15) is 12.0 Å². The van der Waals surface area contributed by atoms with Crippen LogP contribution in [-0.4, -0.2) is 42.4 Å². The lowest BCUT2D eigenvalue weighted by Gasteiger charge is -2.31. The standard InChI is InChI=1S/C13H18N2O3/c1-14-10-3-4-12-9(6-10)2-5-13(18)15(12)7-11(17)8-16/h3-4,6,11,14,16-17H,2,5,7-8H2,1H3. The lowest BCUT2D eigenvalue weighted by Crippen LogP contribution is -2.41. The Labute approximate surface area is 106 Å². The minimum absolute atomic E-state index is 0.00722. The summed E-state index contributed by atoms with van der Waals surface area (Å²) in [7, 11) is 1.85. The number of β-amino-alcohol motifs (C(OH)–C–C–N with tert-alkyl or cyclic N) is 1. The van der Waals surface area contributed by atoms with Crippen molar-refractivity contribution in [3.05, 3.63) is 23.8 Å². The molecule has 5 nitrogen and oxygen atoms in total. The molecule has 0 saturated heterocycles. The number of carbonyl (C=O) groups excluding carboxylic acids is 1. The number of aliphatic hydroxyl groups excluding tert-OH is 2. The maximum Gasteiger partial charge on any atom is 0.227 e. The number of aliphatic hydroxyl groups is 2. The largest absolute Gasteiger partial charge is 0.394 e. The van der Waals surface area contributed by atoms with Crippen LogP contribution < -0.4 is 10.2 Å². The van der Waals surface area contributed by atoms with Crippen molar-refractivity contribution < 1.29 is 15.0 Å². The SMILES string of the molecule is CNc1ccc2c(c1)CCC(=O)N2CC(O)CO. The summed E-state index contributed by atoms with van der Waals surface area (Å²) >= 11 is 0. The third-order valence-corrected chi connectivity index (χ3v) is 3.17. The van der Waals surface area contributed by atoms with E-state index in [1.165, 1.54) is 0 Å². The molecular formula is C13H18N2O3. The van der Waals surface area contributed by atoms with E-state index in [0.717, 1.165) is 23.4 Å². The fourth-order valence-electron chi connectivity index (χ4n) is 2.18. The van der Waals surface area contributed by atoms with Crippen LogP contribution in [-0.2, 0) is 11.2 Å². The highest BCUT2D eigenvalue weighted by Crippen LogP contribution is 2.30. The number of anilines is 2. The van der Waals surface area contributed by atoms with E-state index in [-0.39, 0.29) is 19.1 Å². The second-order valence-corrected chi connectivity index (χ2v) is 4.43. The Bertz CT molecular complexity index is 448. The van der Waals surface area contributed by atoms with Crippen molar-refractivity contribution in [2.45, 2.75) is 18.9 Å². The van der Waals surface area contributed by atoms with Crippen molar-refractivity contribution in [2.24, 2.45) is 0 Å². The summed E-state index contributed by atoms with van der Waals surface area (Å²) in [5.74, 6) is -0.00722. The minimum atomic E-state index is -0.899. The van der Waals surface area contributed by atoms with Gasteiger partial charge in [-0.25, -0.2) is 0 Å². The Morgan fingerprint density at radius 3 is 2.89 bits per heavy atom. The fraction of sp³-hybridized carbons (Fsp3) is 0.462. The predicted octanol–water partition coefficient (Wildman–Crippen LogP) is 0.361. The molecular weight excluding hydrogens is 232 g/mol. The molecule has 0 fully saturated rings. The summed E-state index contributed by atoms with van der Waals surface area (Å²) < 4.78 is 0. The number of fused-ring (bicyclic) bond motifs is 1. The normalized spacial score (nSPS) is 16.4. The van der Waals surface area contributed by atoms with Gasteiger partial charge in [-0.2, -0.15) is 0 Å². The maximum absolute atomic E-state index is 11.9. The number of hydrogen-bond donors (Lipinski definition) is 3. The van der Waals surface area contributed by atoms with Crippen LogP contribution in [0.4, 0.5) is 11.4 Å². The van der Waals surface area contributed by atoms with Gasteiger partial charge in [-0.05, 0) is 30.2 Å². The topological polar surface area (TPSA) is 72.8 Å². The molecule has 3 N–H and O–H groups in total. The van der Waals surface area contributed by atoms with Crippen molar-refractivity contribution in [2.75, 3.05) is 30.4 Å². The number of nitrogens with zero attached hydrogens (tertiary/aromatic N) is 1. The average Bonchev–Trinajstić information content (AvgIpc) is 2.41. The first kappa shape index (κ1) is 12.9. The van der Waals surface area contributed by atoms with Gasteiger partial charge in [0.1, 0.15) is 0 Å². The molecule has 0 aromatic heterocycles. The van der Waals surface area contributed by atoms with Gasteiger partial charge in [0, 0.05) is 24.8 Å². The number of aryl methyl sites for hydroxylation is 1. The number of carbonyl (C=O) groups is 1. The minimum Gasteiger partial charge on any atom is -0.394 e. The Morgan fingerprint density at radius 1 is 1.44 bits per heavy atom. The van der Waals surface area contributed by atoms with Crippen LogP contribution in [0.15, 0.2) is 18.2 Å². The maximum atomic E-state index is 11.9. The second kappa shape index (κ2) is 5.37. The summed E-state index contributed by atoms with van der Waals surface area (Å²) in [4.78, 5) is 13.4. The zero-order chi connectivity index (χ0) is 13.1. The molecule has 1 aliphatic heterocycles. The number of rotatable bonds is 4. The molecule has 1 aliphatic rings. The summed E-state index contributed by atoms with van der Waals surface area (Å²) in [5, 5.41) is 21.4. The molecule has 5 heteroatoms. The van der Waals surface area contributed by atoms with Crippen LogP contribution in [0.25, 0.3) is 0 Å². The van der Waals surface area contributed by atoms with Crippen molar-refractivity contribution in [3.63, 3.8) is 0 Å². The first-order valence-electron chi connectivity index (χ1n) is 6.05. The quantitative estimate of drug-likeness (QED) is 0.721. The summed E-state index contributed by atoms with van der Waals surface area (Å²) in [5.41, 5.74) is 2.93. The van der Waals surface area contributed by atoms with E-state index in [4.69, 9.17) is 5.11 Å². The Kier molecular flexibility index (Phi) is 3.84. The smallest absolute Gasteiger partial charge is 0.227 e. The van der Waals surface area contributed by atoms with E-state index in [1.54, 1.807) is 4.90 Å². The van der Waals surface area contributed by atoms with Crippen LogP contribution in [0.3, 0.4) is 0 Å². The van der Waals surface area contributed by atoms with E-state index in [2.05, 4.69) is 5.32 Å². The van der Waals surface area contributed by atoms with Crippen LogP contribution >= 0.6 is 0 Å². The monoisotopic (exact) mass is 250 g/mol. The molecule has 1 atom stereocenters. The van der Waals surface area contributed by atoms with Gasteiger partial charge in [0.15, 0.2) is 0 Å². The second-order valence-electron chi connectivity index (χ2n) is 4.43. The van der Waals surface area contributed by atoms with Crippen molar-refractivity contribution in [3.8, 4) is 0 Å². The lowest BCUT2D eigenvalue weighted by molar-refractivity contribution is -0.119. The molecule has 0 radical (unpaired) electrons. The van der Waals surface area contributed by atoms with E-state index in [1.807, 2.05) is 25.2 Å². The van der Waals surface area contributed by atoms with Crippen molar-refractivity contribution >= 4 is 17.3 Å². The van der Waals surface area contributed by atoms with Gasteiger partial charge in [0.25, 0.3) is 0 Å². The first-order chi connectivity index (χ1) is 8.65. The predicted molar refractivity (Wildman–Crippen MR) is 69.8 cm³/mol.